The summed E-state index contributed by atoms with van der Waals surface area (Å²) in [5, 5.41) is 9.15. The molecule has 1 aromatic carbocycles. The van der Waals surface area contributed by atoms with Crippen LogP contribution in [0.15, 0.2) is 24.3 Å². The Hall–Kier alpha value is -1.39. The molecule has 17 heavy (non-hydrogen) atoms. The molecule has 0 aromatic heterocycles. The van der Waals surface area contributed by atoms with Gasteiger partial charge in [-0.2, -0.15) is 0 Å². The van der Waals surface area contributed by atoms with Gasteiger partial charge in [-0.25, -0.2) is 4.79 Å². The van der Waals surface area contributed by atoms with Gasteiger partial charge in [0, 0.05) is 6.42 Å². The lowest BCUT2D eigenvalue weighted by Gasteiger charge is -2.11. The summed E-state index contributed by atoms with van der Waals surface area (Å²) in [6.45, 7) is 2.16. The fourth-order valence-electron chi connectivity index (χ4n) is 1.75. The van der Waals surface area contributed by atoms with Crippen molar-refractivity contribution in [1.82, 2.24) is 0 Å². The molecule has 1 fully saturated rings. The number of benzene rings is 1. The Morgan fingerprint density at radius 3 is 2.71 bits per heavy atom. The highest BCUT2D eigenvalue weighted by Gasteiger charge is 2.24. The molecule has 0 saturated carbocycles. The van der Waals surface area contributed by atoms with Crippen molar-refractivity contribution in [3.8, 4) is 0 Å². The Bertz CT molecular complexity index is 385. The van der Waals surface area contributed by atoms with Crippen molar-refractivity contribution < 1.29 is 19.4 Å². The number of aliphatic hydroxyl groups excluding tert-OH is 1. The summed E-state index contributed by atoms with van der Waals surface area (Å²) in [4.78, 5) is 11.7. The van der Waals surface area contributed by atoms with Gasteiger partial charge in [-0.3, -0.25) is 0 Å². The van der Waals surface area contributed by atoms with Crippen LogP contribution in [0.4, 0.5) is 0 Å². The average Bonchev–Trinajstić information content (AvgIpc) is 2.73. The minimum Gasteiger partial charge on any atom is -0.459 e. The van der Waals surface area contributed by atoms with Crippen molar-refractivity contribution in [3.63, 3.8) is 0 Å². The van der Waals surface area contributed by atoms with Crippen LogP contribution in [-0.2, 0) is 9.47 Å². The minimum absolute atomic E-state index is 0.181. The second-order valence-electron chi connectivity index (χ2n) is 4.25. The molecule has 4 nitrogen and oxygen atoms in total. The summed E-state index contributed by atoms with van der Waals surface area (Å²) in [7, 11) is 0. The molecular weight excluding hydrogens is 220 g/mol. The Morgan fingerprint density at radius 1 is 1.41 bits per heavy atom. The van der Waals surface area contributed by atoms with E-state index in [9.17, 15) is 4.79 Å². The van der Waals surface area contributed by atoms with Gasteiger partial charge in [0.15, 0.2) is 6.29 Å². The SMILES string of the molecule is Cc1ccc(C(=O)OC[C@@H]2CCC(O)O2)cc1. The molecule has 0 spiro atoms. The van der Waals surface area contributed by atoms with Gasteiger partial charge in [-0.15, -0.1) is 0 Å². The number of ether oxygens (including phenoxy) is 2. The van der Waals surface area contributed by atoms with Gasteiger partial charge >= 0.3 is 5.97 Å². The fourth-order valence-corrected chi connectivity index (χ4v) is 1.75. The third kappa shape index (κ3) is 3.28. The largest absolute Gasteiger partial charge is 0.459 e. The monoisotopic (exact) mass is 236 g/mol. The summed E-state index contributed by atoms with van der Waals surface area (Å²) in [6.07, 6.45) is 0.437. The second kappa shape index (κ2) is 5.29. The van der Waals surface area contributed by atoms with Crippen LogP contribution in [0, 0.1) is 6.92 Å². The molecule has 0 bridgehead atoms. The van der Waals surface area contributed by atoms with Gasteiger partial charge in [-0.05, 0) is 25.5 Å². The molecule has 2 rings (SSSR count). The molecule has 1 aromatic rings. The maximum Gasteiger partial charge on any atom is 0.338 e. The van der Waals surface area contributed by atoms with Crippen molar-refractivity contribution in [2.45, 2.75) is 32.2 Å². The van der Waals surface area contributed by atoms with Gasteiger partial charge in [0.1, 0.15) is 6.61 Å². The van der Waals surface area contributed by atoms with E-state index in [1.54, 1.807) is 12.1 Å². The maximum absolute atomic E-state index is 11.7. The lowest BCUT2D eigenvalue weighted by molar-refractivity contribution is -0.103. The van der Waals surface area contributed by atoms with E-state index >= 15 is 0 Å². The van der Waals surface area contributed by atoms with E-state index < -0.39 is 6.29 Å². The average molecular weight is 236 g/mol. The number of rotatable bonds is 3. The van der Waals surface area contributed by atoms with Gasteiger partial charge in [0.25, 0.3) is 0 Å². The molecule has 0 aliphatic carbocycles. The minimum atomic E-state index is -0.710. The zero-order chi connectivity index (χ0) is 12.3. The zero-order valence-electron chi connectivity index (χ0n) is 9.76. The quantitative estimate of drug-likeness (QED) is 0.811. The van der Waals surface area contributed by atoms with Crippen LogP contribution in [0.1, 0.15) is 28.8 Å². The summed E-state index contributed by atoms with van der Waals surface area (Å²) in [6, 6.07) is 7.21. The van der Waals surface area contributed by atoms with E-state index in [4.69, 9.17) is 14.6 Å². The van der Waals surface area contributed by atoms with Crippen molar-refractivity contribution in [3.05, 3.63) is 35.4 Å². The van der Waals surface area contributed by atoms with Crippen LogP contribution in [0.25, 0.3) is 0 Å². The first-order valence-electron chi connectivity index (χ1n) is 5.72. The summed E-state index contributed by atoms with van der Waals surface area (Å²) in [5.41, 5.74) is 1.64. The Labute approximate surface area is 100 Å². The van der Waals surface area contributed by atoms with Crippen LogP contribution in [0.5, 0.6) is 0 Å². The lowest BCUT2D eigenvalue weighted by Crippen LogP contribution is -2.19. The summed E-state index contributed by atoms with van der Waals surface area (Å²) in [5.74, 6) is -0.352. The van der Waals surface area contributed by atoms with Crippen molar-refractivity contribution >= 4 is 5.97 Å². The van der Waals surface area contributed by atoms with Gasteiger partial charge < -0.3 is 14.6 Å². The van der Waals surface area contributed by atoms with E-state index in [0.29, 0.717) is 12.0 Å². The Balaban J connectivity index is 1.83. The zero-order valence-corrected chi connectivity index (χ0v) is 9.76. The molecule has 1 aliphatic rings. The molecule has 1 unspecified atom stereocenters. The van der Waals surface area contributed by atoms with E-state index in [-0.39, 0.29) is 18.7 Å². The number of hydrogen-bond donors (Lipinski definition) is 1. The molecule has 1 heterocycles. The number of carbonyl (C=O) groups excluding carboxylic acids is 1. The van der Waals surface area contributed by atoms with Crippen LogP contribution in [0.3, 0.4) is 0 Å². The molecule has 1 aliphatic heterocycles. The topological polar surface area (TPSA) is 55.8 Å². The van der Waals surface area contributed by atoms with Crippen molar-refractivity contribution in [2.24, 2.45) is 0 Å². The fraction of sp³-hybridized carbons (Fsp3) is 0.462. The van der Waals surface area contributed by atoms with E-state index in [2.05, 4.69) is 0 Å². The van der Waals surface area contributed by atoms with E-state index in [1.165, 1.54) is 0 Å². The smallest absolute Gasteiger partial charge is 0.338 e. The van der Waals surface area contributed by atoms with Gasteiger partial charge in [0.05, 0.1) is 11.7 Å². The molecule has 92 valence electrons. The van der Waals surface area contributed by atoms with Crippen LogP contribution >= 0.6 is 0 Å². The highest BCUT2D eigenvalue weighted by Crippen LogP contribution is 2.18. The molecule has 1 saturated heterocycles. The number of carbonyl (C=O) groups is 1. The predicted octanol–water partition coefficient (Wildman–Crippen LogP) is 1.65. The molecule has 0 amide bonds. The molecular formula is C13H16O4. The number of esters is 1. The first kappa shape index (κ1) is 12.1. The van der Waals surface area contributed by atoms with Crippen molar-refractivity contribution in [1.29, 1.82) is 0 Å². The molecule has 0 radical (unpaired) electrons. The predicted molar refractivity (Wildman–Crippen MR) is 61.6 cm³/mol. The molecule has 1 N–H and O–H groups in total. The molecule has 4 heteroatoms. The van der Waals surface area contributed by atoms with Crippen molar-refractivity contribution in [2.75, 3.05) is 6.61 Å². The normalized spacial score (nSPS) is 23.6. The van der Waals surface area contributed by atoms with Crippen LogP contribution in [0.2, 0.25) is 0 Å². The Kier molecular flexibility index (Phi) is 3.76. The van der Waals surface area contributed by atoms with E-state index in [1.807, 2.05) is 19.1 Å². The number of aryl methyl sites for hydroxylation is 1. The van der Waals surface area contributed by atoms with Gasteiger partial charge in [-0.1, -0.05) is 17.7 Å². The number of aliphatic hydroxyl groups is 1. The first-order valence-corrected chi connectivity index (χ1v) is 5.72. The van der Waals surface area contributed by atoms with Gasteiger partial charge in [0.2, 0.25) is 0 Å². The Morgan fingerprint density at radius 2 is 2.12 bits per heavy atom. The van der Waals surface area contributed by atoms with Crippen LogP contribution in [-0.4, -0.2) is 30.1 Å². The molecule has 2 atom stereocenters. The highest BCUT2D eigenvalue weighted by atomic mass is 16.6. The second-order valence-corrected chi connectivity index (χ2v) is 4.25. The highest BCUT2D eigenvalue weighted by molar-refractivity contribution is 5.89. The van der Waals surface area contributed by atoms with Crippen LogP contribution < -0.4 is 0 Å². The lowest BCUT2D eigenvalue weighted by atomic mass is 10.1. The first-order chi connectivity index (χ1) is 8.15. The third-order valence-electron chi connectivity index (χ3n) is 2.77. The van der Waals surface area contributed by atoms with E-state index in [0.717, 1.165) is 12.0 Å². The maximum atomic E-state index is 11.7. The summed E-state index contributed by atoms with van der Waals surface area (Å²) < 4.78 is 10.3. The third-order valence-corrected chi connectivity index (χ3v) is 2.77. The summed E-state index contributed by atoms with van der Waals surface area (Å²) >= 11 is 0. The standard InChI is InChI=1S/C13H16O4/c1-9-2-4-10(5-3-9)13(15)16-8-11-6-7-12(14)17-11/h2-5,11-12,14H,6-8H2,1H3/t11-,12?/m0/s1. The number of hydrogen-bond acceptors (Lipinski definition) is 4.